The van der Waals surface area contributed by atoms with Gasteiger partial charge >= 0.3 is 11.8 Å². The molecule has 0 unspecified atom stereocenters. The zero-order valence-electron chi connectivity index (χ0n) is 21.8. The second-order valence-electron chi connectivity index (χ2n) is 8.71. The van der Waals surface area contributed by atoms with Crippen LogP contribution in [0.4, 0.5) is 4.79 Å². The van der Waals surface area contributed by atoms with Crippen molar-refractivity contribution in [2.45, 2.75) is 27.3 Å². The maximum atomic E-state index is 13.2. The molecule has 1 aliphatic rings. The third-order valence-corrected chi connectivity index (χ3v) is 6.28. The number of ether oxygens (including phenoxy) is 3. The van der Waals surface area contributed by atoms with Gasteiger partial charge in [-0.05, 0) is 44.5 Å². The molecule has 3 aromatic rings. The van der Waals surface area contributed by atoms with E-state index >= 15 is 0 Å². The van der Waals surface area contributed by atoms with Crippen molar-refractivity contribution in [1.29, 1.82) is 0 Å². The quantitative estimate of drug-likeness (QED) is 0.480. The molecular weight excluding hydrogens is 492 g/mol. The van der Waals surface area contributed by atoms with Crippen LogP contribution in [0, 0.1) is 0 Å². The van der Waals surface area contributed by atoms with Crippen LogP contribution in [0.15, 0.2) is 46.0 Å². The van der Waals surface area contributed by atoms with Gasteiger partial charge in [-0.2, -0.15) is 0 Å². The SMILES string of the molecule is CCOC(=O)N1CCN(C(=O)c2ccc(Cn3c(=O)[nH]c4cc(OCC)c(OCC)cc4c3=O)cc2)CC1. The summed E-state index contributed by atoms with van der Waals surface area (Å²) in [5, 5.41) is 0.310. The molecule has 0 saturated carbocycles. The van der Waals surface area contributed by atoms with Gasteiger partial charge in [-0.25, -0.2) is 9.59 Å². The number of piperazine rings is 1. The number of hydrogen-bond acceptors (Lipinski definition) is 7. The Hall–Kier alpha value is -4.28. The first-order valence-electron chi connectivity index (χ1n) is 12.7. The fraction of sp³-hybridized carbons (Fsp3) is 0.407. The van der Waals surface area contributed by atoms with Crippen molar-refractivity contribution < 1.29 is 23.8 Å². The molecular formula is C27H32N4O7. The number of hydrogen-bond donors (Lipinski definition) is 1. The van der Waals surface area contributed by atoms with E-state index in [9.17, 15) is 19.2 Å². The molecule has 202 valence electrons. The number of carbonyl (C=O) groups excluding carboxylic acids is 2. The molecule has 0 radical (unpaired) electrons. The lowest BCUT2D eigenvalue weighted by molar-refractivity contribution is 0.0570. The maximum Gasteiger partial charge on any atom is 0.409 e. The fourth-order valence-electron chi connectivity index (χ4n) is 4.37. The molecule has 0 atom stereocenters. The lowest BCUT2D eigenvalue weighted by Gasteiger charge is -2.34. The van der Waals surface area contributed by atoms with Crippen molar-refractivity contribution in [2.24, 2.45) is 0 Å². The number of fused-ring (bicyclic) bond motifs is 1. The van der Waals surface area contributed by atoms with E-state index in [1.807, 2.05) is 13.8 Å². The van der Waals surface area contributed by atoms with Crippen LogP contribution in [-0.4, -0.2) is 77.4 Å². The third kappa shape index (κ3) is 5.66. The molecule has 2 aromatic carbocycles. The van der Waals surface area contributed by atoms with Crippen LogP contribution in [0.2, 0.25) is 0 Å². The van der Waals surface area contributed by atoms with Crippen LogP contribution < -0.4 is 20.7 Å². The van der Waals surface area contributed by atoms with E-state index in [1.165, 1.54) is 0 Å². The average molecular weight is 525 g/mol. The van der Waals surface area contributed by atoms with E-state index in [-0.39, 0.29) is 18.5 Å². The van der Waals surface area contributed by atoms with Crippen LogP contribution in [0.25, 0.3) is 10.9 Å². The summed E-state index contributed by atoms with van der Waals surface area (Å²) in [6.45, 7) is 8.23. The van der Waals surface area contributed by atoms with Crippen LogP contribution in [-0.2, 0) is 11.3 Å². The van der Waals surface area contributed by atoms with Gasteiger partial charge in [0, 0.05) is 37.8 Å². The molecule has 1 saturated heterocycles. The molecule has 1 aliphatic heterocycles. The fourth-order valence-corrected chi connectivity index (χ4v) is 4.37. The lowest BCUT2D eigenvalue weighted by Crippen LogP contribution is -2.50. The summed E-state index contributed by atoms with van der Waals surface area (Å²) in [5.41, 5.74) is 0.549. The first-order valence-corrected chi connectivity index (χ1v) is 12.7. The second-order valence-corrected chi connectivity index (χ2v) is 8.71. The number of aromatic nitrogens is 2. The first-order chi connectivity index (χ1) is 18.4. The lowest BCUT2D eigenvalue weighted by atomic mass is 10.1. The molecule has 38 heavy (non-hydrogen) atoms. The topological polar surface area (TPSA) is 123 Å². The van der Waals surface area contributed by atoms with Gasteiger partial charge in [0.05, 0.1) is 37.3 Å². The summed E-state index contributed by atoms with van der Waals surface area (Å²) < 4.78 is 17.4. The minimum absolute atomic E-state index is 0.0357. The van der Waals surface area contributed by atoms with Gasteiger partial charge in [0.1, 0.15) is 0 Å². The van der Waals surface area contributed by atoms with Crippen LogP contribution in [0.1, 0.15) is 36.7 Å². The van der Waals surface area contributed by atoms with Crippen molar-refractivity contribution in [3.05, 3.63) is 68.4 Å². The standard InChI is InChI=1S/C27H32N4O7/c1-4-36-22-15-20-21(16-23(22)37-5-2)28-26(34)31(25(20)33)17-18-7-9-19(10-8-18)24(32)29-11-13-30(14-12-29)27(35)38-6-3/h7-10,15-16H,4-6,11-14,17H2,1-3H3,(H,28,34). The van der Waals surface area contributed by atoms with E-state index in [4.69, 9.17) is 14.2 Å². The van der Waals surface area contributed by atoms with E-state index in [2.05, 4.69) is 4.98 Å². The predicted molar refractivity (Wildman–Crippen MR) is 141 cm³/mol. The molecule has 1 N–H and O–H groups in total. The third-order valence-electron chi connectivity index (χ3n) is 6.28. The summed E-state index contributed by atoms with van der Waals surface area (Å²) in [5.74, 6) is 0.745. The highest BCUT2D eigenvalue weighted by Gasteiger charge is 2.25. The molecule has 4 rings (SSSR count). The summed E-state index contributed by atoms with van der Waals surface area (Å²) in [6.07, 6.45) is -0.369. The molecule has 0 spiro atoms. The Morgan fingerprint density at radius 2 is 1.45 bits per heavy atom. The number of aromatic amines is 1. The number of carbonyl (C=O) groups is 2. The van der Waals surface area contributed by atoms with Gasteiger partial charge in [0.2, 0.25) is 0 Å². The summed E-state index contributed by atoms with van der Waals surface area (Å²) in [4.78, 5) is 56.9. The molecule has 1 aromatic heterocycles. The van der Waals surface area contributed by atoms with Crippen molar-refractivity contribution in [3.8, 4) is 11.5 Å². The number of nitrogens with zero attached hydrogens (tertiary/aromatic N) is 3. The van der Waals surface area contributed by atoms with Gasteiger partial charge in [-0.3, -0.25) is 14.2 Å². The van der Waals surface area contributed by atoms with Gasteiger partial charge in [0.25, 0.3) is 11.5 Å². The van der Waals surface area contributed by atoms with Gasteiger partial charge in [0.15, 0.2) is 11.5 Å². The molecule has 11 nitrogen and oxygen atoms in total. The molecule has 0 aliphatic carbocycles. The van der Waals surface area contributed by atoms with Gasteiger partial charge in [-0.1, -0.05) is 12.1 Å². The summed E-state index contributed by atoms with van der Waals surface area (Å²) >= 11 is 0. The minimum Gasteiger partial charge on any atom is -0.490 e. The van der Waals surface area contributed by atoms with Crippen LogP contribution in [0.3, 0.4) is 0 Å². The summed E-state index contributed by atoms with van der Waals surface area (Å²) in [7, 11) is 0. The van der Waals surface area contributed by atoms with E-state index in [0.29, 0.717) is 79.5 Å². The van der Waals surface area contributed by atoms with E-state index in [0.717, 1.165) is 4.57 Å². The highest BCUT2D eigenvalue weighted by Crippen LogP contribution is 2.30. The summed E-state index contributed by atoms with van der Waals surface area (Å²) in [6, 6.07) is 9.99. The largest absolute Gasteiger partial charge is 0.490 e. The molecule has 11 heteroatoms. The normalized spacial score (nSPS) is 13.4. The zero-order chi connectivity index (χ0) is 27.2. The molecule has 2 amide bonds. The number of nitrogens with one attached hydrogen (secondary N) is 1. The van der Waals surface area contributed by atoms with Crippen molar-refractivity contribution in [2.75, 3.05) is 46.0 Å². The Balaban J connectivity index is 1.50. The van der Waals surface area contributed by atoms with Gasteiger partial charge in [-0.15, -0.1) is 0 Å². The molecule has 0 bridgehead atoms. The Morgan fingerprint density at radius 3 is 2.05 bits per heavy atom. The molecule has 2 heterocycles. The number of rotatable bonds is 8. The first kappa shape index (κ1) is 26.8. The number of amides is 2. The zero-order valence-corrected chi connectivity index (χ0v) is 21.8. The predicted octanol–water partition coefficient (Wildman–Crippen LogP) is 2.45. The number of benzene rings is 2. The Labute approximate surface area is 219 Å². The van der Waals surface area contributed by atoms with E-state index < -0.39 is 11.2 Å². The second kappa shape index (κ2) is 11.8. The monoisotopic (exact) mass is 524 g/mol. The Kier molecular flexibility index (Phi) is 8.35. The highest BCUT2D eigenvalue weighted by molar-refractivity contribution is 5.94. The van der Waals surface area contributed by atoms with Crippen LogP contribution in [0.5, 0.6) is 11.5 Å². The van der Waals surface area contributed by atoms with Gasteiger partial charge < -0.3 is 29.0 Å². The van der Waals surface area contributed by atoms with E-state index in [1.54, 1.807) is 53.1 Å². The van der Waals surface area contributed by atoms with Crippen LogP contribution >= 0.6 is 0 Å². The highest BCUT2D eigenvalue weighted by atomic mass is 16.6. The average Bonchev–Trinajstić information content (AvgIpc) is 2.92. The van der Waals surface area contributed by atoms with Crippen molar-refractivity contribution in [3.63, 3.8) is 0 Å². The number of H-pyrrole nitrogens is 1. The van der Waals surface area contributed by atoms with Crippen molar-refractivity contribution >= 4 is 22.9 Å². The van der Waals surface area contributed by atoms with Crippen molar-refractivity contribution in [1.82, 2.24) is 19.4 Å². The maximum absolute atomic E-state index is 13.2. The minimum atomic E-state index is -0.547. The molecule has 1 fully saturated rings. The Bertz CT molecular complexity index is 1420. The Morgan fingerprint density at radius 1 is 0.842 bits per heavy atom. The smallest absolute Gasteiger partial charge is 0.409 e.